The Morgan fingerprint density at radius 2 is 2.25 bits per heavy atom. The average molecular weight is 321 g/mol. The SMILES string of the molecule is Cc1cnc(NC(=O)N2CCC(C)CC2C(=O)[O-])s1.[K+]. The summed E-state index contributed by atoms with van der Waals surface area (Å²) in [6.45, 7) is 4.30. The summed E-state index contributed by atoms with van der Waals surface area (Å²) >= 11 is 1.36. The van der Waals surface area contributed by atoms with E-state index in [0.29, 0.717) is 18.1 Å². The number of likely N-dealkylation sites (tertiary alicyclic amines) is 1. The Labute approximate surface area is 164 Å². The average Bonchev–Trinajstić information content (AvgIpc) is 2.74. The van der Waals surface area contributed by atoms with Crippen molar-refractivity contribution in [3.63, 3.8) is 0 Å². The Morgan fingerprint density at radius 1 is 1.55 bits per heavy atom. The summed E-state index contributed by atoms with van der Waals surface area (Å²) < 4.78 is 0. The molecule has 0 spiro atoms. The van der Waals surface area contributed by atoms with E-state index >= 15 is 0 Å². The molecule has 1 saturated heterocycles. The normalized spacial score (nSPS) is 22.0. The number of piperidine rings is 1. The molecule has 8 heteroatoms. The fourth-order valence-electron chi connectivity index (χ4n) is 2.18. The number of urea groups is 1. The predicted molar refractivity (Wildman–Crippen MR) is 69.8 cm³/mol. The molecule has 0 aromatic carbocycles. The Hall–Kier alpha value is 0.00636. The number of carbonyl (C=O) groups excluding carboxylic acids is 2. The number of anilines is 1. The molecule has 20 heavy (non-hydrogen) atoms. The van der Waals surface area contributed by atoms with E-state index in [4.69, 9.17) is 0 Å². The van der Waals surface area contributed by atoms with Crippen molar-refractivity contribution in [3.05, 3.63) is 11.1 Å². The minimum atomic E-state index is -1.20. The molecule has 1 fully saturated rings. The van der Waals surface area contributed by atoms with Crippen LogP contribution < -0.4 is 61.8 Å². The van der Waals surface area contributed by atoms with E-state index in [1.807, 2.05) is 13.8 Å². The number of amides is 2. The van der Waals surface area contributed by atoms with Gasteiger partial charge >= 0.3 is 57.4 Å². The van der Waals surface area contributed by atoms with Gasteiger partial charge in [0.05, 0.1) is 12.0 Å². The smallest absolute Gasteiger partial charge is 0.548 e. The van der Waals surface area contributed by atoms with Crippen LogP contribution in [-0.4, -0.2) is 34.5 Å². The van der Waals surface area contributed by atoms with Crippen molar-refractivity contribution >= 4 is 28.5 Å². The molecule has 104 valence electrons. The summed E-state index contributed by atoms with van der Waals surface area (Å²) in [6, 6.07) is -1.28. The summed E-state index contributed by atoms with van der Waals surface area (Å²) in [5.41, 5.74) is 0. The number of aliphatic carboxylic acids is 1. The number of carbonyl (C=O) groups is 2. The summed E-state index contributed by atoms with van der Waals surface area (Å²) in [5, 5.41) is 14.2. The second-order valence-electron chi connectivity index (χ2n) is 4.86. The zero-order valence-corrected chi connectivity index (χ0v) is 15.8. The first kappa shape index (κ1) is 18.1. The summed E-state index contributed by atoms with van der Waals surface area (Å²) in [5.74, 6) is -0.911. The molecule has 0 radical (unpaired) electrons. The molecule has 1 N–H and O–H groups in total. The van der Waals surface area contributed by atoms with Gasteiger partial charge in [-0.25, -0.2) is 9.78 Å². The van der Waals surface area contributed by atoms with Crippen LogP contribution in [0.25, 0.3) is 0 Å². The molecule has 1 aromatic rings. The van der Waals surface area contributed by atoms with Crippen molar-refractivity contribution in [2.75, 3.05) is 11.9 Å². The number of hydrogen-bond acceptors (Lipinski definition) is 5. The summed E-state index contributed by atoms with van der Waals surface area (Å²) in [6.07, 6.45) is 2.90. The molecule has 2 atom stereocenters. The second kappa shape index (κ2) is 7.86. The van der Waals surface area contributed by atoms with Gasteiger partial charge in [0.2, 0.25) is 0 Å². The van der Waals surface area contributed by atoms with Gasteiger partial charge in [0.25, 0.3) is 0 Å². The van der Waals surface area contributed by atoms with Gasteiger partial charge in [-0.05, 0) is 25.7 Å². The van der Waals surface area contributed by atoms with Gasteiger partial charge in [0.15, 0.2) is 5.13 Å². The van der Waals surface area contributed by atoms with Crippen molar-refractivity contribution in [3.8, 4) is 0 Å². The molecule has 6 nitrogen and oxygen atoms in total. The maximum atomic E-state index is 12.1. The monoisotopic (exact) mass is 321 g/mol. The second-order valence-corrected chi connectivity index (χ2v) is 6.10. The molecule has 2 unspecified atom stereocenters. The van der Waals surface area contributed by atoms with E-state index in [2.05, 4.69) is 10.3 Å². The largest absolute Gasteiger partial charge is 1.00 e. The molecule has 2 rings (SSSR count). The van der Waals surface area contributed by atoms with Crippen LogP contribution in [0.15, 0.2) is 6.20 Å². The minimum Gasteiger partial charge on any atom is -0.548 e. The van der Waals surface area contributed by atoms with E-state index in [1.54, 1.807) is 6.20 Å². The number of aryl methyl sites for hydroxylation is 1. The zero-order valence-electron chi connectivity index (χ0n) is 11.9. The first-order valence-corrected chi connectivity index (χ1v) is 7.00. The van der Waals surface area contributed by atoms with Gasteiger partial charge in [-0.3, -0.25) is 5.32 Å². The van der Waals surface area contributed by atoms with Gasteiger partial charge in [-0.1, -0.05) is 6.92 Å². The third kappa shape index (κ3) is 4.50. The number of carboxylic acid groups (broad SMARTS) is 1. The first-order valence-electron chi connectivity index (χ1n) is 6.18. The molecule has 0 saturated carbocycles. The predicted octanol–water partition coefficient (Wildman–Crippen LogP) is -2.16. The quantitative estimate of drug-likeness (QED) is 0.629. The van der Waals surface area contributed by atoms with Crippen LogP contribution in [-0.2, 0) is 4.79 Å². The van der Waals surface area contributed by atoms with Gasteiger partial charge < -0.3 is 14.8 Å². The molecule has 1 aromatic heterocycles. The van der Waals surface area contributed by atoms with Gasteiger partial charge in [0.1, 0.15) is 0 Å². The van der Waals surface area contributed by atoms with E-state index < -0.39 is 18.0 Å². The Morgan fingerprint density at radius 3 is 2.80 bits per heavy atom. The maximum absolute atomic E-state index is 12.1. The maximum Gasteiger partial charge on any atom is 1.00 e. The van der Waals surface area contributed by atoms with Crippen molar-refractivity contribution in [2.24, 2.45) is 5.92 Å². The zero-order chi connectivity index (χ0) is 14.0. The number of thiazole rings is 1. The standard InChI is InChI=1S/C12H17N3O3S.K/c1-7-3-4-15(9(5-7)10(16)17)12(18)14-11-13-6-8(2)19-11;/h6-7,9H,3-5H2,1-2H3,(H,16,17)(H,13,14,18);/q;+1/p-1. The van der Waals surface area contributed by atoms with Gasteiger partial charge in [0, 0.05) is 17.6 Å². The number of carboxylic acids is 1. The van der Waals surface area contributed by atoms with E-state index in [9.17, 15) is 14.7 Å². The van der Waals surface area contributed by atoms with Crippen LogP contribution in [0.5, 0.6) is 0 Å². The van der Waals surface area contributed by atoms with Crippen LogP contribution in [0.3, 0.4) is 0 Å². The van der Waals surface area contributed by atoms with Crippen LogP contribution in [0, 0.1) is 12.8 Å². The first-order chi connectivity index (χ1) is 8.97. The molecule has 1 aliphatic heterocycles. The molecular formula is C12H16KN3O3S. The van der Waals surface area contributed by atoms with Crippen LogP contribution in [0.1, 0.15) is 24.6 Å². The topological polar surface area (TPSA) is 85.4 Å². The molecule has 2 amide bonds. The van der Waals surface area contributed by atoms with Crippen LogP contribution >= 0.6 is 11.3 Å². The Kier molecular flexibility index (Phi) is 7.09. The number of rotatable bonds is 2. The molecule has 1 aliphatic rings. The van der Waals surface area contributed by atoms with Crippen LogP contribution in [0.4, 0.5) is 9.93 Å². The van der Waals surface area contributed by atoms with E-state index in [1.165, 1.54) is 16.2 Å². The van der Waals surface area contributed by atoms with E-state index in [-0.39, 0.29) is 57.3 Å². The van der Waals surface area contributed by atoms with Crippen molar-refractivity contribution in [1.29, 1.82) is 0 Å². The third-order valence-corrected chi connectivity index (χ3v) is 4.06. The number of hydrogen-bond donors (Lipinski definition) is 1. The summed E-state index contributed by atoms with van der Waals surface area (Å²) in [7, 11) is 0. The fraction of sp³-hybridized carbons (Fsp3) is 0.583. The fourth-order valence-corrected chi connectivity index (χ4v) is 2.84. The summed E-state index contributed by atoms with van der Waals surface area (Å²) in [4.78, 5) is 29.6. The van der Waals surface area contributed by atoms with Gasteiger partial charge in [-0.2, -0.15) is 0 Å². The molecular weight excluding hydrogens is 305 g/mol. The number of nitrogens with one attached hydrogen (secondary N) is 1. The van der Waals surface area contributed by atoms with Crippen molar-refractivity contribution in [2.45, 2.75) is 32.7 Å². The van der Waals surface area contributed by atoms with E-state index in [0.717, 1.165) is 11.3 Å². The third-order valence-electron chi connectivity index (χ3n) is 3.23. The molecule has 2 heterocycles. The van der Waals surface area contributed by atoms with Crippen molar-refractivity contribution in [1.82, 2.24) is 9.88 Å². The minimum absolute atomic E-state index is 0. The van der Waals surface area contributed by atoms with Gasteiger partial charge in [-0.15, -0.1) is 11.3 Å². The number of nitrogens with zero attached hydrogens (tertiary/aromatic N) is 2. The Bertz CT molecular complexity index is 494. The molecule has 0 bridgehead atoms. The molecule has 0 aliphatic carbocycles. The number of aromatic nitrogens is 1. The van der Waals surface area contributed by atoms with Crippen LogP contribution in [0.2, 0.25) is 0 Å². The Balaban J connectivity index is 0.00000200. The van der Waals surface area contributed by atoms with Crippen molar-refractivity contribution < 1.29 is 66.1 Å².